The van der Waals surface area contributed by atoms with Crippen LogP contribution in [0.2, 0.25) is 0 Å². The third kappa shape index (κ3) is 3.15. The van der Waals surface area contributed by atoms with Gasteiger partial charge in [-0.15, -0.1) is 0 Å². The highest BCUT2D eigenvalue weighted by Gasteiger charge is 2.34. The number of para-hydroxylation sites is 1. The molecule has 3 amide bonds. The Morgan fingerprint density at radius 2 is 2.22 bits per heavy atom. The molecule has 1 aromatic carbocycles. The zero-order valence-electron chi connectivity index (χ0n) is 12.4. The molecule has 0 unspecified atom stereocenters. The van der Waals surface area contributed by atoms with E-state index in [2.05, 4.69) is 15.8 Å². The first-order valence-corrected chi connectivity index (χ1v) is 7.11. The van der Waals surface area contributed by atoms with E-state index in [0.717, 1.165) is 0 Å². The predicted molar refractivity (Wildman–Crippen MR) is 80.6 cm³/mol. The van der Waals surface area contributed by atoms with Gasteiger partial charge in [0.25, 0.3) is 0 Å². The molecule has 7 nitrogen and oxygen atoms in total. The number of urea groups is 1. The summed E-state index contributed by atoms with van der Waals surface area (Å²) in [4.78, 5) is 25.6. The van der Waals surface area contributed by atoms with Crippen LogP contribution >= 0.6 is 0 Å². The second-order valence-electron chi connectivity index (χ2n) is 5.20. The molecule has 0 radical (unpaired) electrons. The van der Waals surface area contributed by atoms with Crippen molar-refractivity contribution in [3.8, 4) is 0 Å². The molecular weight excluding hydrogens is 303 g/mol. The molecule has 1 atom stereocenters. The van der Waals surface area contributed by atoms with Crippen molar-refractivity contribution in [1.29, 1.82) is 0 Å². The van der Waals surface area contributed by atoms with E-state index >= 15 is 0 Å². The van der Waals surface area contributed by atoms with Crippen LogP contribution in [0.3, 0.4) is 0 Å². The molecule has 1 saturated heterocycles. The smallest absolute Gasteiger partial charge is 0.321 e. The van der Waals surface area contributed by atoms with Crippen molar-refractivity contribution in [2.75, 3.05) is 16.8 Å². The molecule has 2 aromatic rings. The van der Waals surface area contributed by atoms with Crippen LogP contribution in [0.4, 0.5) is 20.7 Å². The second-order valence-corrected chi connectivity index (χ2v) is 5.20. The summed E-state index contributed by atoms with van der Waals surface area (Å²) in [7, 11) is 0. The van der Waals surface area contributed by atoms with Gasteiger partial charge in [-0.1, -0.05) is 17.3 Å². The highest BCUT2D eigenvalue weighted by atomic mass is 19.1. The molecule has 3 rings (SSSR count). The van der Waals surface area contributed by atoms with Crippen LogP contribution in [0.15, 0.2) is 34.9 Å². The van der Waals surface area contributed by atoms with Gasteiger partial charge in [0.2, 0.25) is 5.91 Å². The Kier molecular flexibility index (Phi) is 3.96. The Bertz CT molecular complexity index is 746. The van der Waals surface area contributed by atoms with E-state index in [1.54, 1.807) is 25.1 Å². The van der Waals surface area contributed by atoms with Gasteiger partial charge in [0.05, 0.1) is 5.69 Å². The maximum absolute atomic E-state index is 13.8. The van der Waals surface area contributed by atoms with Crippen LogP contribution in [-0.2, 0) is 4.79 Å². The third-order valence-corrected chi connectivity index (χ3v) is 3.52. The summed E-state index contributed by atoms with van der Waals surface area (Å²) >= 11 is 0. The molecular formula is C15H15FN4O3. The summed E-state index contributed by atoms with van der Waals surface area (Å²) < 4.78 is 18.6. The number of carbonyl (C=O) groups excluding carboxylic acids is 2. The number of amides is 3. The molecule has 23 heavy (non-hydrogen) atoms. The molecule has 1 aromatic heterocycles. The number of hydrogen-bond donors (Lipinski definition) is 2. The van der Waals surface area contributed by atoms with Crippen LogP contribution in [0.25, 0.3) is 0 Å². The SMILES string of the molecule is Cc1cc(NC(=O)N[C@H]2CCN(c3ccccc3F)C2=O)no1. The Morgan fingerprint density at radius 1 is 1.43 bits per heavy atom. The third-order valence-electron chi connectivity index (χ3n) is 3.52. The van der Waals surface area contributed by atoms with E-state index in [9.17, 15) is 14.0 Å². The molecule has 2 heterocycles. The molecule has 120 valence electrons. The minimum absolute atomic E-state index is 0.217. The molecule has 1 aliphatic heterocycles. The predicted octanol–water partition coefficient (Wildman–Crippen LogP) is 2.05. The molecule has 0 aliphatic carbocycles. The Labute approximate surface area is 131 Å². The average Bonchev–Trinajstić information content (AvgIpc) is 3.07. The summed E-state index contributed by atoms with van der Waals surface area (Å²) in [6.07, 6.45) is 0.401. The van der Waals surface area contributed by atoms with Gasteiger partial charge in [0.1, 0.15) is 17.6 Å². The van der Waals surface area contributed by atoms with Crippen LogP contribution < -0.4 is 15.5 Å². The lowest BCUT2D eigenvalue weighted by atomic mass is 10.2. The minimum atomic E-state index is -0.706. The van der Waals surface area contributed by atoms with E-state index in [4.69, 9.17) is 4.52 Å². The number of carbonyl (C=O) groups is 2. The number of aromatic nitrogens is 1. The lowest BCUT2D eigenvalue weighted by Crippen LogP contribution is -2.43. The summed E-state index contributed by atoms with van der Waals surface area (Å²) in [6, 6.07) is 6.34. The van der Waals surface area contributed by atoms with Crippen molar-refractivity contribution >= 4 is 23.4 Å². The normalized spacial score (nSPS) is 17.4. The van der Waals surface area contributed by atoms with Gasteiger partial charge in [0, 0.05) is 12.6 Å². The number of rotatable bonds is 3. The molecule has 0 spiro atoms. The van der Waals surface area contributed by atoms with E-state index < -0.39 is 17.9 Å². The summed E-state index contributed by atoms with van der Waals surface area (Å²) in [5, 5.41) is 8.67. The standard InChI is InChI=1S/C15H15FN4O3/c1-9-8-13(19-23-9)18-15(22)17-11-6-7-20(14(11)21)12-5-3-2-4-10(12)16/h2-5,8,11H,6-7H2,1H3,(H2,17,18,19,22)/t11-/m0/s1. The van der Waals surface area contributed by atoms with E-state index in [-0.39, 0.29) is 17.4 Å². The quantitative estimate of drug-likeness (QED) is 0.906. The highest BCUT2D eigenvalue weighted by Crippen LogP contribution is 2.24. The number of hydrogen-bond acceptors (Lipinski definition) is 4. The van der Waals surface area contributed by atoms with Crippen LogP contribution in [-0.4, -0.2) is 29.7 Å². The first-order valence-electron chi connectivity index (χ1n) is 7.11. The van der Waals surface area contributed by atoms with E-state index in [1.807, 2.05) is 0 Å². The summed E-state index contributed by atoms with van der Waals surface area (Å²) in [5.74, 6) is 0.00461. The Hall–Kier alpha value is -2.90. The fraction of sp³-hybridized carbons (Fsp3) is 0.267. The first-order chi connectivity index (χ1) is 11.0. The van der Waals surface area contributed by atoms with Gasteiger partial charge in [-0.3, -0.25) is 10.1 Å². The van der Waals surface area contributed by atoms with Gasteiger partial charge in [-0.05, 0) is 25.5 Å². The van der Waals surface area contributed by atoms with Crippen molar-refractivity contribution in [1.82, 2.24) is 10.5 Å². The van der Waals surface area contributed by atoms with Gasteiger partial charge in [-0.25, -0.2) is 9.18 Å². The van der Waals surface area contributed by atoms with E-state index in [0.29, 0.717) is 18.7 Å². The molecule has 0 bridgehead atoms. The van der Waals surface area contributed by atoms with Gasteiger partial charge in [0.15, 0.2) is 5.82 Å². The van der Waals surface area contributed by atoms with Crippen molar-refractivity contribution in [2.24, 2.45) is 0 Å². The zero-order valence-corrected chi connectivity index (χ0v) is 12.4. The average molecular weight is 318 g/mol. The monoisotopic (exact) mass is 318 g/mol. The maximum Gasteiger partial charge on any atom is 0.321 e. The maximum atomic E-state index is 13.8. The number of benzene rings is 1. The molecule has 2 N–H and O–H groups in total. The highest BCUT2D eigenvalue weighted by molar-refractivity contribution is 6.02. The van der Waals surface area contributed by atoms with E-state index in [1.165, 1.54) is 17.0 Å². The van der Waals surface area contributed by atoms with Gasteiger partial charge < -0.3 is 14.7 Å². The van der Waals surface area contributed by atoms with Crippen LogP contribution in [0.5, 0.6) is 0 Å². The summed E-state index contributed by atoms with van der Waals surface area (Å²) in [5.41, 5.74) is 0.217. The lowest BCUT2D eigenvalue weighted by molar-refractivity contribution is -0.118. The largest absolute Gasteiger partial charge is 0.360 e. The number of nitrogens with zero attached hydrogens (tertiary/aromatic N) is 2. The number of halogens is 1. The number of nitrogens with one attached hydrogen (secondary N) is 2. The van der Waals surface area contributed by atoms with Crippen molar-refractivity contribution in [3.63, 3.8) is 0 Å². The van der Waals surface area contributed by atoms with Gasteiger partial charge in [-0.2, -0.15) is 0 Å². The van der Waals surface area contributed by atoms with Gasteiger partial charge >= 0.3 is 6.03 Å². The lowest BCUT2D eigenvalue weighted by Gasteiger charge is -2.17. The van der Waals surface area contributed by atoms with Crippen LogP contribution in [0.1, 0.15) is 12.2 Å². The minimum Gasteiger partial charge on any atom is -0.360 e. The fourth-order valence-electron chi connectivity index (χ4n) is 2.46. The number of aryl methyl sites for hydroxylation is 1. The topological polar surface area (TPSA) is 87.5 Å². The zero-order chi connectivity index (χ0) is 16.4. The first kappa shape index (κ1) is 15.0. The van der Waals surface area contributed by atoms with Crippen LogP contribution in [0, 0.1) is 12.7 Å². The molecule has 1 aliphatic rings. The van der Waals surface area contributed by atoms with Crippen molar-refractivity contribution in [3.05, 3.63) is 41.9 Å². The second kappa shape index (κ2) is 6.07. The van der Waals surface area contributed by atoms with Crippen molar-refractivity contribution in [2.45, 2.75) is 19.4 Å². The van der Waals surface area contributed by atoms with Crippen molar-refractivity contribution < 1.29 is 18.5 Å². The Morgan fingerprint density at radius 3 is 2.91 bits per heavy atom. The molecule has 8 heteroatoms. The Balaban J connectivity index is 1.63. The fourth-order valence-corrected chi connectivity index (χ4v) is 2.46. The summed E-state index contributed by atoms with van der Waals surface area (Å²) in [6.45, 7) is 2.04. The molecule has 1 fully saturated rings. The molecule has 0 saturated carbocycles. The number of anilines is 2.